The smallest absolute Gasteiger partial charge is 0.230 e. The number of carbonyl (C=O) groups excluding carboxylic acids is 1. The fourth-order valence-electron chi connectivity index (χ4n) is 3.88. The highest BCUT2D eigenvalue weighted by Gasteiger charge is 2.41. The molecular weight excluding hydrogens is 350 g/mol. The van der Waals surface area contributed by atoms with Crippen LogP contribution in [0.25, 0.3) is 10.8 Å². The first kappa shape index (κ1) is 18.5. The first-order chi connectivity index (χ1) is 13.8. The van der Waals surface area contributed by atoms with Gasteiger partial charge in [0.1, 0.15) is 12.4 Å². The normalized spacial score (nSPS) is 15.9. The summed E-state index contributed by atoms with van der Waals surface area (Å²) in [7, 11) is 0. The van der Waals surface area contributed by atoms with Crippen molar-refractivity contribution >= 4 is 16.7 Å². The second kappa shape index (κ2) is 8.44. The third-order valence-electron chi connectivity index (χ3n) is 5.48. The average Bonchev–Trinajstić information content (AvgIpc) is 2.77. The third kappa shape index (κ3) is 3.87. The van der Waals surface area contributed by atoms with Crippen molar-refractivity contribution < 1.29 is 14.3 Å². The number of hydrogen-bond donors (Lipinski definition) is 1. The van der Waals surface area contributed by atoms with Crippen LogP contribution in [-0.4, -0.2) is 32.3 Å². The molecule has 0 radical (unpaired) electrons. The van der Waals surface area contributed by atoms with Gasteiger partial charge < -0.3 is 14.8 Å². The number of rotatable bonds is 6. The number of hydrogen-bond acceptors (Lipinski definition) is 3. The predicted molar refractivity (Wildman–Crippen MR) is 111 cm³/mol. The van der Waals surface area contributed by atoms with Crippen LogP contribution in [0.3, 0.4) is 0 Å². The van der Waals surface area contributed by atoms with Gasteiger partial charge in [0.15, 0.2) is 0 Å². The van der Waals surface area contributed by atoms with E-state index in [4.69, 9.17) is 9.47 Å². The molecule has 3 aromatic rings. The number of amides is 1. The maximum Gasteiger partial charge on any atom is 0.230 e. The number of ether oxygens (including phenoxy) is 2. The van der Waals surface area contributed by atoms with E-state index in [2.05, 4.69) is 23.5 Å². The molecule has 0 aromatic heterocycles. The fourth-order valence-corrected chi connectivity index (χ4v) is 3.88. The van der Waals surface area contributed by atoms with Crippen molar-refractivity contribution in [2.75, 3.05) is 26.4 Å². The van der Waals surface area contributed by atoms with E-state index in [1.54, 1.807) is 0 Å². The molecular formula is C24H25NO3. The van der Waals surface area contributed by atoms with Crippen molar-refractivity contribution in [3.05, 3.63) is 78.4 Å². The quantitative estimate of drug-likeness (QED) is 0.661. The molecule has 0 aliphatic carbocycles. The first-order valence-electron chi connectivity index (χ1n) is 9.81. The fraction of sp³-hybridized carbons (Fsp3) is 0.292. The summed E-state index contributed by atoms with van der Waals surface area (Å²) in [5, 5.41) is 5.41. The third-order valence-corrected chi connectivity index (χ3v) is 5.48. The SMILES string of the molecule is O=C(NCCOc1ccc2ccccc2c1)C1(c2ccccc2)CCOCC1. The molecule has 0 unspecified atom stereocenters. The zero-order valence-electron chi connectivity index (χ0n) is 15.9. The Morgan fingerprint density at radius 1 is 0.929 bits per heavy atom. The van der Waals surface area contributed by atoms with Gasteiger partial charge in [0.2, 0.25) is 5.91 Å². The van der Waals surface area contributed by atoms with Crippen molar-refractivity contribution in [2.45, 2.75) is 18.3 Å². The number of fused-ring (bicyclic) bond motifs is 1. The molecule has 4 rings (SSSR count). The number of carbonyl (C=O) groups is 1. The Balaban J connectivity index is 1.37. The van der Waals surface area contributed by atoms with Crippen LogP contribution in [-0.2, 0) is 14.9 Å². The summed E-state index contributed by atoms with van der Waals surface area (Å²) in [6.45, 7) is 2.12. The van der Waals surface area contributed by atoms with Gasteiger partial charge in [-0.2, -0.15) is 0 Å². The molecule has 1 fully saturated rings. The van der Waals surface area contributed by atoms with E-state index in [1.165, 1.54) is 5.39 Å². The molecule has 0 spiro atoms. The van der Waals surface area contributed by atoms with Crippen LogP contribution in [0.2, 0.25) is 0 Å². The molecule has 4 heteroatoms. The molecule has 28 heavy (non-hydrogen) atoms. The molecule has 144 valence electrons. The zero-order valence-corrected chi connectivity index (χ0v) is 15.9. The predicted octanol–water partition coefficient (Wildman–Crippen LogP) is 4.08. The molecule has 1 amide bonds. The van der Waals surface area contributed by atoms with Gasteiger partial charge in [-0.15, -0.1) is 0 Å². The minimum Gasteiger partial charge on any atom is -0.492 e. The van der Waals surface area contributed by atoms with Crippen LogP contribution >= 0.6 is 0 Å². The lowest BCUT2D eigenvalue weighted by molar-refractivity contribution is -0.130. The van der Waals surface area contributed by atoms with Crippen molar-refractivity contribution in [2.24, 2.45) is 0 Å². The zero-order chi connectivity index (χ0) is 19.2. The van der Waals surface area contributed by atoms with Crippen molar-refractivity contribution in [1.82, 2.24) is 5.32 Å². The van der Waals surface area contributed by atoms with E-state index >= 15 is 0 Å². The van der Waals surface area contributed by atoms with E-state index in [9.17, 15) is 4.79 Å². The van der Waals surface area contributed by atoms with Crippen LogP contribution in [0.1, 0.15) is 18.4 Å². The summed E-state index contributed by atoms with van der Waals surface area (Å²) < 4.78 is 11.4. The molecule has 1 aliphatic rings. The Hall–Kier alpha value is -2.85. The summed E-state index contributed by atoms with van der Waals surface area (Å²) in [6, 6.07) is 24.3. The van der Waals surface area contributed by atoms with Gasteiger partial charge in [-0.3, -0.25) is 4.79 Å². The first-order valence-corrected chi connectivity index (χ1v) is 9.81. The average molecular weight is 375 g/mol. The monoisotopic (exact) mass is 375 g/mol. The van der Waals surface area contributed by atoms with Gasteiger partial charge in [-0.05, 0) is 41.3 Å². The van der Waals surface area contributed by atoms with Crippen molar-refractivity contribution in [1.29, 1.82) is 0 Å². The highest BCUT2D eigenvalue weighted by Crippen LogP contribution is 2.35. The maximum atomic E-state index is 13.1. The summed E-state index contributed by atoms with van der Waals surface area (Å²) >= 11 is 0. The summed E-state index contributed by atoms with van der Waals surface area (Å²) in [5.41, 5.74) is 0.550. The highest BCUT2D eigenvalue weighted by molar-refractivity contribution is 5.88. The van der Waals surface area contributed by atoms with Crippen LogP contribution in [0.5, 0.6) is 5.75 Å². The van der Waals surface area contributed by atoms with Crippen LogP contribution in [0.15, 0.2) is 72.8 Å². The second-order valence-corrected chi connectivity index (χ2v) is 7.17. The maximum absolute atomic E-state index is 13.1. The van der Waals surface area contributed by atoms with Crippen LogP contribution in [0.4, 0.5) is 0 Å². The minimum atomic E-state index is -0.511. The Bertz CT molecular complexity index is 933. The second-order valence-electron chi connectivity index (χ2n) is 7.17. The van der Waals surface area contributed by atoms with Gasteiger partial charge in [0, 0.05) is 13.2 Å². The minimum absolute atomic E-state index is 0.0594. The van der Waals surface area contributed by atoms with Crippen LogP contribution in [0, 0.1) is 0 Å². The topological polar surface area (TPSA) is 47.6 Å². The summed E-state index contributed by atoms with van der Waals surface area (Å²) in [6.07, 6.45) is 1.41. The Labute approximate surface area is 165 Å². The van der Waals surface area contributed by atoms with Gasteiger partial charge in [0.25, 0.3) is 0 Å². The van der Waals surface area contributed by atoms with Gasteiger partial charge in [0.05, 0.1) is 12.0 Å². The largest absolute Gasteiger partial charge is 0.492 e. The molecule has 1 heterocycles. The Morgan fingerprint density at radius 2 is 1.64 bits per heavy atom. The summed E-state index contributed by atoms with van der Waals surface area (Å²) in [4.78, 5) is 13.1. The molecule has 1 aliphatic heterocycles. The number of benzene rings is 3. The number of nitrogens with one attached hydrogen (secondary N) is 1. The van der Waals surface area contributed by atoms with E-state index in [0.29, 0.717) is 39.2 Å². The standard InChI is InChI=1S/C24H25NO3/c26-23(24(12-15-27-16-13-24)21-8-2-1-3-9-21)25-14-17-28-22-11-10-19-6-4-5-7-20(19)18-22/h1-11,18H,12-17H2,(H,25,26). The van der Waals surface area contributed by atoms with E-state index in [0.717, 1.165) is 16.7 Å². The molecule has 4 nitrogen and oxygen atoms in total. The van der Waals surface area contributed by atoms with Gasteiger partial charge in [-0.25, -0.2) is 0 Å². The van der Waals surface area contributed by atoms with E-state index < -0.39 is 5.41 Å². The lowest BCUT2D eigenvalue weighted by atomic mass is 9.73. The molecule has 1 N–H and O–H groups in total. The highest BCUT2D eigenvalue weighted by atomic mass is 16.5. The van der Waals surface area contributed by atoms with Gasteiger partial charge in [-0.1, -0.05) is 60.7 Å². The lowest BCUT2D eigenvalue weighted by Gasteiger charge is -2.36. The Kier molecular flexibility index (Phi) is 5.58. The molecule has 0 saturated carbocycles. The summed E-state index contributed by atoms with van der Waals surface area (Å²) in [5.74, 6) is 0.876. The molecule has 3 aromatic carbocycles. The van der Waals surface area contributed by atoms with Crippen molar-refractivity contribution in [3.8, 4) is 5.75 Å². The molecule has 0 bridgehead atoms. The van der Waals surface area contributed by atoms with E-state index in [1.807, 2.05) is 54.6 Å². The lowest BCUT2D eigenvalue weighted by Crippen LogP contribution is -2.48. The van der Waals surface area contributed by atoms with Crippen molar-refractivity contribution in [3.63, 3.8) is 0 Å². The van der Waals surface area contributed by atoms with Crippen LogP contribution < -0.4 is 10.1 Å². The molecule has 0 atom stereocenters. The Morgan fingerprint density at radius 3 is 2.43 bits per heavy atom. The molecule has 1 saturated heterocycles. The van der Waals surface area contributed by atoms with E-state index in [-0.39, 0.29) is 5.91 Å². The van der Waals surface area contributed by atoms with Gasteiger partial charge >= 0.3 is 0 Å².